The molecule has 0 spiro atoms. The molecule has 0 aromatic heterocycles. The minimum atomic E-state index is 0.154. The fraction of sp³-hybridized carbons (Fsp3) is 1.00. The number of hydrogen-bond acceptors (Lipinski definition) is 1. The molecule has 2 aliphatic carbocycles. The van der Waals surface area contributed by atoms with Gasteiger partial charge in [0.15, 0.2) is 0 Å². The molecule has 1 nitrogen and oxygen atoms in total. The summed E-state index contributed by atoms with van der Waals surface area (Å²) in [5.74, 6) is 1.62. The molecular formula is C15H29N. The first kappa shape index (κ1) is 12.4. The van der Waals surface area contributed by atoms with Crippen LogP contribution in [0.5, 0.6) is 0 Å². The van der Waals surface area contributed by atoms with Crippen LogP contribution >= 0.6 is 0 Å². The van der Waals surface area contributed by atoms with Crippen molar-refractivity contribution in [3.05, 3.63) is 0 Å². The van der Waals surface area contributed by atoms with Crippen LogP contribution < -0.4 is 5.73 Å². The van der Waals surface area contributed by atoms with Crippen LogP contribution in [0.4, 0.5) is 0 Å². The highest BCUT2D eigenvalue weighted by atomic mass is 14.8. The predicted molar refractivity (Wildman–Crippen MR) is 70.3 cm³/mol. The second-order valence-corrected chi connectivity index (χ2v) is 7.42. The van der Waals surface area contributed by atoms with Gasteiger partial charge in [0.1, 0.15) is 0 Å². The summed E-state index contributed by atoms with van der Waals surface area (Å²) in [6.45, 7) is 7.21. The van der Waals surface area contributed by atoms with Gasteiger partial charge in [0.05, 0.1) is 0 Å². The molecule has 1 heteroatoms. The quantitative estimate of drug-likeness (QED) is 0.711. The minimum absolute atomic E-state index is 0.154. The van der Waals surface area contributed by atoms with Crippen molar-refractivity contribution in [2.24, 2.45) is 23.0 Å². The smallest absolute Gasteiger partial charge is 0.0190 e. The Bertz CT molecular complexity index is 240. The van der Waals surface area contributed by atoms with Crippen molar-refractivity contribution >= 4 is 0 Å². The second kappa shape index (κ2) is 4.33. The monoisotopic (exact) mass is 223 g/mol. The van der Waals surface area contributed by atoms with Gasteiger partial charge < -0.3 is 5.73 Å². The maximum absolute atomic E-state index is 6.80. The summed E-state index contributed by atoms with van der Waals surface area (Å²) in [5, 5.41) is 0. The molecule has 0 aromatic rings. The van der Waals surface area contributed by atoms with Crippen LogP contribution in [0.2, 0.25) is 0 Å². The summed E-state index contributed by atoms with van der Waals surface area (Å²) in [6.07, 6.45) is 10.9. The van der Waals surface area contributed by atoms with Gasteiger partial charge in [0.25, 0.3) is 0 Å². The zero-order valence-electron chi connectivity index (χ0n) is 11.4. The summed E-state index contributed by atoms with van der Waals surface area (Å²) < 4.78 is 0. The first-order chi connectivity index (χ1) is 7.41. The van der Waals surface area contributed by atoms with Crippen LogP contribution in [0, 0.1) is 17.3 Å². The number of nitrogens with two attached hydrogens (primary N) is 1. The summed E-state index contributed by atoms with van der Waals surface area (Å²) in [7, 11) is 0. The average molecular weight is 223 g/mol. The van der Waals surface area contributed by atoms with Crippen molar-refractivity contribution in [3.8, 4) is 0 Å². The molecule has 0 bridgehead atoms. The van der Waals surface area contributed by atoms with Gasteiger partial charge in [0.2, 0.25) is 0 Å². The lowest BCUT2D eigenvalue weighted by Crippen LogP contribution is -2.54. The molecule has 2 saturated carbocycles. The number of rotatable bonds is 1. The molecule has 2 N–H and O–H groups in total. The van der Waals surface area contributed by atoms with Gasteiger partial charge in [-0.25, -0.2) is 0 Å². The van der Waals surface area contributed by atoms with E-state index in [2.05, 4.69) is 20.8 Å². The Hall–Kier alpha value is -0.0400. The molecule has 0 heterocycles. The van der Waals surface area contributed by atoms with Gasteiger partial charge in [-0.3, -0.25) is 0 Å². The normalized spacial score (nSPS) is 40.9. The van der Waals surface area contributed by atoms with E-state index in [0.717, 1.165) is 11.8 Å². The van der Waals surface area contributed by atoms with Crippen molar-refractivity contribution in [1.29, 1.82) is 0 Å². The minimum Gasteiger partial charge on any atom is -0.325 e. The lowest BCUT2D eigenvalue weighted by molar-refractivity contribution is 0.0520. The van der Waals surface area contributed by atoms with E-state index in [9.17, 15) is 0 Å². The lowest BCUT2D eigenvalue weighted by Gasteiger charge is -2.50. The Balaban J connectivity index is 2.09. The molecule has 0 radical (unpaired) electrons. The topological polar surface area (TPSA) is 26.0 Å². The van der Waals surface area contributed by atoms with Gasteiger partial charge in [-0.15, -0.1) is 0 Å². The summed E-state index contributed by atoms with van der Waals surface area (Å²) in [6, 6.07) is 0. The van der Waals surface area contributed by atoms with E-state index in [-0.39, 0.29) is 5.54 Å². The maximum atomic E-state index is 6.80. The van der Waals surface area contributed by atoms with Gasteiger partial charge >= 0.3 is 0 Å². The van der Waals surface area contributed by atoms with Crippen molar-refractivity contribution in [3.63, 3.8) is 0 Å². The van der Waals surface area contributed by atoms with Crippen molar-refractivity contribution in [2.45, 2.75) is 77.7 Å². The summed E-state index contributed by atoms with van der Waals surface area (Å²) >= 11 is 0. The van der Waals surface area contributed by atoms with E-state index in [1.54, 1.807) is 0 Å². The highest BCUT2D eigenvalue weighted by Gasteiger charge is 2.44. The molecule has 16 heavy (non-hydrogen) atoms. The third-order valence-corrected chi connectivity index (χ3v) is 4.86. The molecule has 0 aromatic carbocycles. The molecule has 0 saturated heterocycles. The van der Waals surface area contributed by atoms with E-state index < -0.39 is 0 Å². The first-order valence-corrected chi connectivity index (χ1v) is 7.20. The second-order valence-electron chi connectivity index (χ2n) is 7.42. The average Bonchev–Trinajstić information content (AvgIpc) is 2.15. The largest absolute Gasteiger partial charge is 0.325 e. The Morgan fingerprint density at radius 1 is 1.00 bits per heavy atom. The summed E-state index contributed by atoms with van der Waals surface area (Å²) in [4.78, 5) is 0. The van der Waals surface area contributed by atoms with Crippen molar-refractivity contribution < 1.29 is 0 Å². The Morgan fingerprint density at radius 2 is 1.62 bits per heavy atom. The lowest BCUT2D eigenvalue weighted by atomic mass is 9.58. The van der Waals surface area contributed by atoms with E-state index >= 15 is 0 Å². The van der Waals surface area contributed by atoms with Gasteiger partial charge in [-0.2, -0.15) is 0 Å². The molecular weight excluding hydrogens is 194 g/mol. The van der Waals surface area contributed by atoms with Gasteiger partial charge in [0, 0.05) is 5.54 Å². The molecule has 2 rings (SSSR count). The highest BCUT2D eigenvalue weighted by molar-refractivity contribution is 5.01. The standard InChI is InChI=1S/C15H29N/c1-12-9-14(2,3)11-15(16,10-12)13-7-5-4-6-8-13/h12-13H,4-11,16H2,1-3H3. The van der Waals surface area contributed by atoms with Crippen molar-refractivity contribution in [2.75, 3.05) is 0 Å². The van der Waals surface area contributed by atoms with Crippen LogP contribution in [-0.4, -0.2) is 5.54 Å². The molecule has 94 valence electrons. The fourth-order valence-corrected chi connectivity index (χ4v) is 4.69. The number of hydrogen-bond donors (Lipinski definition) is 1. The molecule has 2 atom stereocenters. The zero-order valence-corrected chi connectivity index (χ0v) is 11.4. The zero-order chi connectivity index (χ0) is 11.8. The third-order valence-electron chi connectivity index (χ3n) is 4.86. The third kappa shape index (κ3) is 2.61. The van der Waals surface area contributed by atoms with Gasteiger partial charge in [-0.05, 0) is 49.4 Å². The van der Waals surface area contributed by atoms with E-state index in [4.69, 9.17) is 5.73 Å². The van der Waals surface area contributed by atoms with Crippen LogP contribution in [-0.2, 0) is 0 Å². The van der Waals surface area contributed by atoms with Crippen LogP contribution in [0.1, 0.15) is 72.1 Å². The predicted octanol–water partition coefficient (Wildman–Crippen LogP) is 4.11. The van der Waals surface area contributed by atoms with E-state index in [1.807, 2.05) is 0 Å². The SMILES string of the molecule is CC1CC(C)(C)CC(N)(C2CCCCC2)C1. The molecule has 2 unspecified atom stereocenters. The molecule has 0 aliphatic heterocycles. The van der Waals surface area contributed by atoms with E-state index in [1.165, 1.54) is 51.4 Å². The molecule has 0 amide bonds. The fourth-order valence-electron chi connectivity index (χ4n) is 4.69. The molecule has 2 fully saturated rings. The van der Waals surface area contributed by atoms with E-state index in [0.29, 0.717) is 5.41 Å². The Kier molecular flexibility index (Phi) is 3.36. The Labute approximate surface area is 101 Å². The highest BCUT2D eigenvalue weighted by Crippen LogP contribution is 2.48. The van der Waals surface area contributed by atoms with Crippen LogP contribution in [0.25, 0.3) is 0 Å². The summed E-state index contributed by atoms with van der Waals surface area (Å²) in [5.41, 5.74) is 7.42. The van der Waals surface area contributed by atoms with Crippen LogP contribution in [0.15, 0.2) is 0 Å². The first-order valence-electron chi connectivity index (χ1n) is 7.20. The van der Waals surface area contributed by atoms with Gasteiger partial charge in [-0.1, -0.05) is 40.0 Å². The Morgan fingerprint density at radius 3 is 2.19 bits per heavy atom. The van der Waals surface area contributed by atoms with Crippen LogP contribution in [0.3, 0.4) is 0 Å². The maximum Gasteiger partial charge on any atom is 0.0190 e. The van der Waals surface area contributed by atoms with Crippen molar-refractivity contribution in [1.82, 2.24) is 0 Å². The molecule has 2 aliphatic rings.